The Morgan fingerprint density at radius 3 is 2.40 bits per heavy atom. The molecule has 2 aliphatic rings. The van der Waals surface area contributed by atoms with Gasteiger partial charge in [0, 0.05) is 53.9 Å². The Kier molecular flexibility index (Phi) is 11.1. The Morgan fingerprint density at radius 2 is 1.71 bits per heavy atom. The number of amides is 2. The van der Waals surface area contributed by atoms with Crippen molar-refractivity contribution < 1.29 is 29.0 Å². The molecule has 2 fully saturated rings. The third-order valence-corrected chi connectivity index (χ3v) is 8.93. The van der Waals surface area contributed by atoms with Crippen LogP contribution in [0, 0.1) is 0 Å². The summed E-state index contributed by atoms with van der Waals surface area (Å²) in [5.74, 6) is -1.08. The van der Waals surface area contributed by atoms with E-state index in [4.69, 9.17) is 50.0 Å². The second-order valence-corrected chi connectivity index (χ2v) is 12.8. The van der Waals surface area contributed by atoms with Crippen molar-refractivity contribution in [1.82, 2.24) is 9.80 Å². The number of aromatic carboxylic acids is 1. The van der Waals surface area contributed by atoms with E-state index in [1.165, 1.54) is 29.2 Å². The molecule has 2 amide bonds. The molecule has 0 aliphatic carbocycles. The van der Waals surface area contributed by atoms with Gasteiger partial charge in [-0.2, -0.15) is 0 Å². The molecule has 2 aliphatic heterocycles. The predicted molar refractivity (Wildman–Crippen MR) is 181 cm³/mol. The minimum absolute atomic E-state index is 0.00130. The molecule has 13 heteroatoms. The molecule has 45 heavy (non-hydrogen) atoms. The standard InChI is InChI=1S/C32H29Cl2N3O6S2/c33-24-16-22(17-25(34)19-24)21-3-6-27(43-14-11-36-9-12-42-13-10-36)23(15-21)18-28-30(39)37(32(44)45-28)8-7-29(38)35-26-4-1-20(2-5-26)31(40)41/h1-6,15-19H,7-14H2,(H,35,38)(H,40,41)/b28-18-. The first kappa shape index (κ1) is 32.9. The molecular weight excluding hydrogens is 657 g/mol. The number of benzene rings is 3. The topological polar surface area (TPSA) is 108 Å². The molecule has 2 N–H and O–H groups in total. The van der Waals surface area contributed by atoms with Crippen LogP contribution in [0.25, 0.3) is 17.2 Å². The van der Waals surface area contributed by atoms with Gasteiger partial charge in [-0.25, -0.2) is 4.79 Å². The molecule has 0 atom stereocenters. The number of halogens is 2. The zero-order valence-corrected chi connectivity index (χ0v) is 27.1. The second kappa shape index (κ2) is 15.2. The number of carbonyl (C=O) groups excluding carboxylic acids is 2. The van der Waals surface area contributed by atoms with Crippen molar-refractivity contribution in [2.24, 2.45) is 0 Å². The van der Waals surface area contributed by atoms with Crippen LogP contribution >= 0.6 is 47.2 Å². The Balaban J connectivity index is 1.30. The first-order valence-electron chi connectivity index (χ1n) is 14.1. The molecular formula is C32H29Cl2N3O6S2. The number of carbonyl (C=O) groups is 3. The molecule has 2 heterocycles. The van der Waals surface area contributed by atoms with Crippen molar-refractivity contribution in [1.29, 1.82) is 0 Å². The molecule has 0 unspecified atom stereocenters. The lowest BCUT2D eigenvalue weighted by Gasteiger charge is -2.26. The summed E-state index contributed by atoms with van der Waals surface area (Å²) in [6.07, 6.45) is 1.75. The van der Waals surface area contributed by atoms with Crippen molar-refractivity contribution in [3.05, 3.63) is 86.7 Å². The lowest BCUT2D eigenvalue weighted by molar-refractivity contribution is -0.122. The molecule has 0 aromatic heterocycles. The van der Waals surface area contributed by atoms with Gasteiger partial charge < -0.3 is 19.9 Å². The summed E-state index contributed by atoms with van der Waals surface area (Å²) in [5.41, 5.74) is 2.92. The number of morpholine rings is 1. The van der Waals surface area contributed by atoms with E-state index < -0.39 is 5.97 Å². The number of nitrogens with zero attached hydrogens (tertiary/aromatic N) is 2. The SMILES string of the molecule is O=C(CCN1C(=O)/C(=C/c2cc(-c3cc(Cl)cc(Cl)c3)ccc2OCCN2CCOCC2)SC1=S)Nc1ccc(C(=O)O)cc1. The van der Waals surface area contributed by atoms with Crippen molar-refractivity contribution in [3.8, 4) is 16.9 Å². The highest BCUT2D eigenvalue weighted by Crippen LogP contribution is 2.37. The van der Waals surface area contributed by atoms with E-state index in [-0.39, 0.29) is 30.3 Å². The van der Waals surface area contributed by atoms with Gasteiger partial charge >= 0.3 is 5.97 Å². The summed E-state index contributed by atoms with van der Waals surface area (Å²) in [6.45, 7) is 4.38. The van der Waals surface area contributed by atoms with Crippen molar-refractivity contribution >= 4 is 81.0 Å². The van der Waals surface area contributed by atoms with Crippen LogP contribution in [0.4, 0.5) is 5.69 Å². The van der Waals surface area contributed by atoms with Gasteiger partial charge in [0.05, 0.1) is 23.7 Å². The maximum atomic E-state index is 13.4. The molecule has 234 valence electrons. The fourth-order valence-electron chi connectivity index (χ4n) is 4.77. The molecule has 0 spiro atoms. The van der Waals surface area contributed by atoms with Gasteiger partial charge in [0.1, 0.15) is 16.7 Å². The molecule has 3 aromatic rings. The highest BCUT2D eigenvalue weighted by atomic mass is 35.5. The minimum atomic E-state index is -1.05. The lowest BCUT2D eigenvalue weighted by Crippen LogP contribution is -2.38. The fraction of sp³-hybridized carbons (Fsp3) is 0.250. The van der Waals surface area contributed by atoms with Gasteiger partial charge in [0.25, 0.3) is 5.91 Å². The number of hydrogen-bond donors (Lipinski definition) is 2. The summed E-state index contributed by atoms with van der Waals surface area (Å²) < 4.78 is 12.0. The van der Waals surface area contributed by atoms with Crippen molar-refractivity contribution in [2.45, 2.75) is 6.42 Å². The molecule has 9 nitrogen and oxygen atoms in total. The predicted octanol–water partition coefficient (Wildman–Crippen LogP) is 6.30. The van der Waals surface area contributed by atoms with Gasteiger partial charge in [-0.05, 0) is 71.8 Å². The Labute approximate surface area is 280 Å². The van der Waals surface area contributed by atoms with Crippen LogP contribution in [0.5, 0.6) is 5.75 Å². The van der Waals surface area contributed by atoms with Crippen LogP contribution in [0.3, 0.4) is 0 Å². The lowest BCUT2D eigenvalue weighted by atomic mass is 10.0. The summed E-state index contributed by atoms with van der Waals surface area (Å²) in [7, 11) is 0. The van der Waals surface area contributed by atoms with E-state index in [0.29, 0.717) is 56.1 Å². The minimum Gasteiger partial charge on any atom is -0.492 e. The highest BCUT2D eigenvalue weighted by molar-refractivity contribution is 8.26. The monoisotopic (exact) mass is 685 g/mol. The summed E-state index contributed by atoms with van der Waals surface area (Å²) in [6, 6.07) is 16.8. The molecule has 0 radical (unpaired) electrons. The van der Waals surface area contributed by atoms with E-state index in [9.17, 15) is 14.4 Å². The molecule has 3 aromatic carbocycles. The van der Waals surface area contributed by atoms with Gasteiger partial charge in [0.15, 0.2) is 0 Å². The van der Waals surface area contributed by atoms with Gasteiger partial charge in [-0.3, -0.25) is 19.4 Å². The van der Waals surface area contributed by atoms with Crippen LogP contribution in [0.15, 0.2) is 65.6 Å². The van der Waals surface area contributed by atoms with Crippen LogP contribution < -0.4 is 10.1 Å². The summed E-state index contributed by atoms with van der Waals surface area (Å²) >= 11 is 19.2. The Morgan fingerprint density at radius 1 is 1.00 bits per heavy atom. The van der Waals surface area contributed by atoms with Gasteiger partial charge in [-0.1, -0.05) is 53.2 Å². The van der Waals surface area contributed by atoms with Crippen LogP contribution in [-0.4, -0.2) is 83.0 Å². The number of nitrogens with one attached hydrogen (secondary N) is 1. The zero-order chi connectivity index (χ0) is 31.9. The number of rotatable bonds is 11. The van der Waals surface area contributed by atoms with E-state index in [0.717, 1.165) is 42.5 Å². The fourth-order valence-corrected chi connectivity index (χ4v) is 6.59. The third-order valence-electron chi connectivity index (χ3n) is 7.11. The summed E-state index contributed by atoms with van der Waals surface area (Å²) in [4.78, 5) is 41.1. The number of anilines is 1. The van der Waals surface area contributed by atoms with Gasteiger partial charge in [0.2, 0.25) is 5.91 Å². The van der Waals surface area contributed by atoms with Crippen molar-refractivity contribution in [2.75, 3.05) is 51.3 Å². The largest absolute Gasteiger partial charge is 0.492 e. The molecule has 2 saturated heterocycles. The van der Waals surface area contributed by atoms with Crippen LogP contribution in [-0.2, 0) is 14.3 Å². The average molecular weight is 687 g/mol. The highest BCUT2D eigenvalue weighted by Gasteiger charge is 2.32. The number of ether oxygens (including phenoxy) is 2. The van der Waals surface area contributed by atoms with Crippen LogP contribution in [0.2, 0.25) is 10.0 Å². The first-order chi connectivity index (χ1) is 21.7. The Hall–Kier alpha value is -3.45. The maximum absolute atomic E-state index is 13.4. The van der Waals surface area contributed by atoms with E-state index in [1.807, 2.05) is 30.3 Å². The average Bonchev–Trinajstić information content (AvgIpc) is 3.28. The normalized spacial score (nSPS) is 16.3. The van der Waals surface area contributed by atoms with Crippen LogP contribution in [0.1, 0.15) is 22.3 Å². The Bertz CT molecular complexity index is 1620. The molecule has 5 rings (SSSR count). The van der Waals surface area contributed by atoms with E-state index >= 15 is 0 Å². The number of carboxylic acid groups (broad SMARTS) is 1. The molecule has 0 saturated carbocycles. The van der Waals surface area contributed by atoms with E-state index in [2.05, 4.69) is 10.2 Å². The van der Waals surface area contributed by atoms with E-state index in [1.54, 1.807) is 12.1 Å². The zero-order valence-electron chi connectivity index (χ0n) is 24.0. The molecule has 0 bridgehead atoms. The number of carboxylic acids is 1. The van der Waals surface area contributed by atoms with Crippen molar-refractivity contribution in [3.63, 3.8) is 0 Å². The number of thioether (sulfide) groups is 1. The smallest absolute Gasteiger partial charge is 0.335 e. The second-order valence-electron chi connectivity index (χ2n) is 10.2. The quantitative estimate of drug-likeness (QED) is 0.178. The number of thiocarbonyl (C=S) groups is 1. The maximum Gasteiger partial charge on any atom is 0.335 e. The number of hydrogen-bond acceptors (Lipinski definition) is 8. The summed E-state index contributed by atoms with van der Waals surface area (Å²) in [5, 5.41) is 12.8. The first-order valence-corrected chi connectivity index (χ1v) is 16.1. The third kappa shape index (κ3) is 8.84. The van der Waals surface area contributed by atoms with Gasteiger partial charge in [-0.15, -0.1) is 0 Å².